The van der Waals surface area contributed by atoms with Gasteiger partial charge in [0.05, 0.1) is 11.6 Å². The molecule has 23 heavy (non-hydrogen) atoms. The lowest BCUT2D eigenvalue weighted by atomic mass is 9.94. The SMILES string of the molecule is CC(NC(=O)C(=O)NC(C)(C)c1ccccc1)c1ccccc1. The Morgan fingerprint density at radius 2 is 1.39 bits per heavy atom. The van der Waals surface area contributed by atoms with Gasteiger partial charge in [0.15, 0.2) is 0 Å². The van der Waals surface area contributed by atoms with Gasteiger partial charge in [0.2, 0.25) is 0 Å². The lowest BCUT2D eigenvalue weighted by molar-refractivity contribution is -0.140. The summed E-state index contributed by atoms with van der Waals surface area (Å²) in [6.07, 6.45) is 0. The van der Waals surface area contributed by atoms with E-state index in [2.05, 4.69) is 10.6 Å². The minimum Gasteiger partial charge on any atom is -0.341 e. The van der Waals surface area contributed by atoms with Crippen molar-refractivity contribution in [1.82, 2.24) is 10.6 Å². The highest BCUT2D eigenvalue weighted by atomic mass is 16.2. The predicted octanol–water partition coefficient (Wildman–Crippen LogP) is 2.92. The van der Waals surface area contributed by atoms with E-state index in [1.165, 1.54) is 0 Å². The van der Waals surface area contributed by atoms with Gasteiger partial charge in [0.25, 0.3) is 0 Å². The van der Waals surface area contributed by atoms with Crippen LogP contribution in [0, 0.1) is 0 Å². The molecule has 0 saturated heterocycles. The molecule has 0 aromatic heterocycles. The highest BCUT2D eigenvalue weighted by molar-refractivity contribution is 6.35. The lowest BCUT2D eigenvalue weighted by Crippen LogP contribution is -2.48. The Labute approximate surface area is 136 Å². The molecule has 1 atom stereocenters. The van der Waals surface area contributed by atoms with Crippen molar-refractivity contribution in [3.05, 3.63) is 71.8 Å². The number of benzene rings is 2. The van der Waals surface area contributed by atoms with Crippen LogP contribution in [0.5, 0.6) is 0 Å². The Kier molecular flexibility index (Phi) is 5.16. The molecule has 4 heteroatoms. The second-order valence-electron chi connectivity index (χ2n) is 6.05. The van der Waals surface area contributed by atoms with Crippen molar-refractivity contribution in [3.8, 4) is 0 Å². The zero-order valence-corrected chi connectivity index (χ0v) is 13.7. The largest absolute Gasteiger partial charge is 0.341 e. The summed E-state index contributed by atoms with van der Waals surface area (Å²) < 4.78 is 0. The number of hydrogen-bond donors (Lipinski definition) is 2. The fourth-order valence-corrected chi connectivity index (χ4v) is 2.35. The van der Waals surface area contributed by atoms with Crippen molar-refractivity contribution in [2.75, 3.05) is 0 Å². The first-order chi connectivity index (χ1) is 10.9. The van der Waals surface area contributed by atoms with Crippen molar-refractivity contribution >= 4 is 11.8 Å². The molecule has 0 spiro atoms. The monoisotopic (exact) mass is 310 g/mol. The molecule has 0 aliphatic rings. The Morgan fingerprint density at radius 3 is 1.96 bits per heavy atom. The molecule has 2 rings (SSSR count). The van der Waals surface area contributed by atoms with E-state index in [1.807, 2.05) is 81.4 Å². The van der Waals surface area contributed by atoms with E-state index in [-0.39, 0.29) is 6.04 Å². The molecule has 2 aromatic carbocycles. The summed E-state index contributed by atoms with van der Waals surface area (Å²) in [6, 6.07) is 18.9. The van der Waals surface area contributed by atoms with E-state index in [0.29, 0.717) is 0 Å². The fourth-order valence-electron chi connectivity index (χ4n) is 2.35. The highest BCUT2D eigenvalue weighted by Crippen LogP contribution is 2.19. The van der Waals surface area contributed by atoms with Gasteiger partial charge >= 0.3 is 11.8 Å². The Hall–Kier alpha value is -2.62. The second kappa shape index (κ2) is 7.09. The van der Waals surface area contributed by atoms with Crippen LogP contribution in [0.3, 0.4) is 0 Å². The molecule has 2 aromatic rings. The predicted molar refractivity (Wildman–Crippen MR) is 90.6 cm³/mol. The fraction of sp³-hybridized carbons (Fsp3) is 0.263. The molecule has 0 heterocycles. The molecule has 1 unspecified atom stereocenters. The normalized spacial score (nSPS) is 12.3. The van der Waals surface area contributed by atoms with Crippen molar-refractivity contribution < 1.29 is 9.59 Å². The van der Waals surface area contributed by atoms with Gasteiger partial charge in [-0.2, -0.15) is 0 Å². The Balaban J connectivity index is 1.99. The number of carbonyl (C=O) groups excluding carboxylic acids is 2. The molecule has 0 fully saturated rings. The molecule has 0 radical (unpaired) electrons. The third-order valence-corrected chi connectivity index (χ3v) is 3.77. The van der Waals surface area contributed by atoms with E-state index in [0.717, 1.165) is 11.1 Å². The number of amides is 2. The van der Waals surface area contributed by atoms with Gasteiger partial charge in [-0.25, -0.2) is 0 Å². The number of rotatable bonds is 4. The van der Waals surface area contributed by atoms with Crippen molar-refractivity contribution in [1.29, 1.82) is 0 Å². The molecule has 0 aliphatic carbocycles. The van der Waals surface area contributed by atoms with Crippen LogP contribution in [-0.4, -0.2) is 11.8 Å². The van der Waals surface area contributed by atoms with Crippen LogP contribution in [-0.2, 0) is 15.1 Å². The van der Waals surface area contributed by atoms with Crippen LogP contribution in [0.15, 0.2) is 60.7 Å². The summed E-state index contributed by atoms with van der Waals surface area (Å²) >= 11 is 0. The molecule has 2 N–H and O–H groups in total. The molecular weight excluding hydrogens is 288 g/mol. The minimum atomic E-state index is -0.637. The van der Waals surface area contributed by atoms with Crippen LogP contribution in [0.2, 0.25) is 0 Å². The van der Waals surface area contributed by atoms with E-state index in [1.54, 1.807) is 0 Å². The van der Waals surface area contributed by atoms with Crippen LogP contribution < -0.4 is 10.6 Å². The summed E-state index contributed by atoms with van der Waals surface area (Å²) in [7, 11) is 0. The van der Waals surface area contributed by atoms with E-state index in [9.17, 15) is 9.59 Å². The maximum atomic E-state index is 12.2. The van der Waals surface area contributed by atoms with E-state index >= 15 is 0 Å². The van der Waals surface area contributed by atoms with Gasteiger partial charge in [0, 0.05) is 0 Å². The van der Waals surface area contributed by atoms with Crippen LogP contribution in [0.4, 0.5) is 0 Å². The topological polar surface area (TPSA) is 58.2 Å². The molecule has 120 valence electrons. The minimum absolute atomic E-state index is 0.228. The number of hydrogen-bond acceptors (Lipinski definition) is 2. The molecule has 0 saturated carbocycles. The molecule has 4 nitrogen and oxygen atoms in total. The maximum absolute atomic E-state index is 12.2. The third kappa shape index (κ3) is 4.42. The lowest BCUT2D eigenvalue weighted by Gasteiger charge is -2.27. The third-order valence-electron chi connectivity index (χ3n) is 3.77. The molecule has 0 aliphatic heterocycles. The second-order valence-corrected chi connectivity index (χ2v) is 6.05. The van der Waals surface area contributed by atoms with Gasteiger partial charge in [-0.15, -0.1) is 0 Å². The van der Waals surface area contributed by atoms with Crippen molar-refractivity contribution in [2.24, 2.45) is 0 Å². The standard InChI is InChI=1S/C19H22N2O2/c1-14(15-10-6-4-7-11-15)20-17(22)18(23)21-19(2,3)16-12-8-5-9-13-16/h4-14H,1-3H3,(H,20,22)(H,21,23). The maximum Gasteiger partial charge on any atom is 0.310 e. The van der Waals surface area contributed by atoms with E-state index < -0.39 is 17.4 Å². The van der Waals surface area contributed by atoms with Crippen LogP contribution >= 0.6 is 0 Å². The summed E-state index contributed by atoms with van der Waals surface area (Å²) in [4.78, 5) is 24.3. The van der Waals surface area contributed by atoms with Gasteiger partial charge in [0.1, 0.15) is 0 Å². The average Bonchev–Trinajstić information content (AvgIpc) is 2.56. The number of nitrogens with one attached hydrogen (secondary N) is 2. The Bertz CT molecular complexity index is 666. The first-order valence-corrected chi connectivity index (χ1v) is 7.63. The number of carbonyl (C=O) groups is 2. The average molecular weight is 310 g/mol. The first-order valence-electron chi connectivity index (χ1n) is 7.63. The zero-order valence-electron chi connectivity index (χ0n) is 13.7. The summed E-state index contributed by atoms with van der Waals surface area (Å²) in [5, 5.41) is 5.50. The van der Waals surface area contributed by atoms with Gasteiger partial charge in [-0.05, 0) is 31.9 Å². The smallest absolute Gasteiger partial charge is 0.310 e. The summed E-state index contributed by atoms with van der Waals surface area (Å²) in [5.74, 6) is -1.27. The van der Waals surface area contributed by atoms with Crippen LogP contribution in [0.25, 0.3) is 0 Å². The highest BCUT2D eigenvalue weighted by Gasteiger charge is 2.26. The van der Waals surface area contributed by atoms with Gasteiger partial charge in [-0.1, -0.05) is 60.7 Å². The zero-order chi connectivity index (χ0) is 16.9. The first kappa shape index (κ1) is 16.7. The van der Waals surface area contributed by atoms with E-state index in [4.69, 9.17) is 0 Å². The molecule has 2 amide bonds. The quantitative estimate of drug-likeness (QED) is 0.853. The molecular formula is C19H22N2O2. The van der Waals surface area contributed by atoms with Crippen molar-refractivity contribution in [2.45, 2.75) is 32.4 Å². The summed E-state index contributed by atoms with van der Waals surface area (Å²) in [6.45, 7) is 5.59. The Morgan fingerprint density at radius 1 is 0.870 bits per heavy atom. The van der Waals surface area contributed by atoms with Crippen LogP contribution in [0.1, 0.15) is 37.9 Å². The van der Waals surface area contributed by atoms with Crippen molar-refractivity contribution in [3.63, 3.8) is 0 Å². The summed E-state index contributed by atoms with van der Waals surface area (Å²) in [5.41, 5.74) is 1.28. The van der Waals surface area contributed by atoms with Gasteiger partial charge in [-0.3, -0.25) is 9.59 Å². The van der Waals surface area contributed by atoms with Gasteiger partial charge < -0.3 is 10.6 Å². The molecule has 0 bridgehead atoms.